The number of hydrogen-bond acceptors (Lipinski definition) is 4. The van der Waals surface area contributed by atoms with Crippen molar-refractivity contribution in [1.29, 1.82) is 0 Å². The van der Waals surface area contributed by atoms with Gasteiger partial charge in [0.25, 0.3) is 0 Å². The SMILES string of the molecule is Cc1cnc2c(S(=O)(=O)NCCCCN)cccc2c1.Cl. The predicted octanol–water partition coefficient (Wildman–Crippen LogP) is 1.98. The Morgan fingerprint density at radius 2 is 2.05 bits per heavy atom. The Morgan fingerprint density at radius 1 is 1.29 bits per heavy atom. The highest BCUT2D eigenvalue weighted by Gasteiger charge is 2.17. The first-order chi connectivity index (χ1) is 9.54. The van der Waals surface area contributed by atoms with Crippen molar-refractivity contribution in [1.82, 2.24) is 9.71 Å². The molecule has 7 heteroatoms. The number of aromatic nitrogens is 1. The molecule has 2 aromatic rings. The van der Waals surface area contributed by atoms with E-state index in [0.29, 0.717) is 18.6 Å². The van der Waals surface area contributed by atoms with Crippen molar-refractivity contribution < 1.29 is 8.42 Å². The van der Waals surface area contributed by atoms with Gasteiger partial charge in [-0.1, -0.05) is 12.1 Å². The molecule has 0 radical (unpaired) electrons. The van der Waals surface area contributed by atoms with Gasteiger partial charge in [0.2, 0.25) is 10.0 Å². The number of rotatable bonds is 6. The quantitative estimate of drug-likeness (QED) is 0.794. The molecule has 2 rings (SSSR count). The van der Waals surface area contributed by atoms with Crippen LogP contribution in [0.15, 0.2) is 35.4 Å². The molecule has 0 saturated heterocycles. The Morgan fingerprint density at radius 3 is 2.76 bits per heavy atom. The van der Waals surface area contributed by atoms with Crippen molar-refractivity contribution in [2.75, 3.05) is 13.1 Å². The summed E-state index contributed by atoms with van der Waals surface area (Å²) < 4.78 is 27.2. The van der Waals surface area contributed by atoms with Crippen LogP contribution < -0.4 is 10.5 Å². The van der Waals surface area contributed by atoms with E-state index in [4.69, 9.17) is 5.73 Å². The molecule has 0 saturated carbocycles. The van der Waals surface area contributed by atoms with Crippen molar-refractivity contribution in [3.05, 3.63) is 36.0 Å². The lowest BCUT2D eigenvalue weighted by Crippen LogP contribution is -2.25. The Kier molecular flexibility index (Phi) is 6.54. The number of nitrogens with two attached hydrogens (primary N) is 1. The molecular formula is C14H20ClN3O2S. The van der Waals surface area contributed by atoms with Crippen molar-refractivity contribution in [2.45, 2.75) is 24.7 Å². The molecule has 116 valence electrons. The van der Waals surface area contributed by atoms with Crippen molar-refractivity contribution in [2.24, 2.45) is 5.73 Å². The maximum atomic E-state index is 12.3. The van der Waals surface area contributed by atoms with E-state index in [2.05, 4.69) is 9.71 Å². The van der Waals surface area contributed by atoms with E-state index in [1.54, 1.807) is 18.3 Å². The highest BCUT2D eigenvalue weighted by Crippen LogP contribution is 2.21. The lowest BCUT2D eigenvalue weighted by atomic mass is 10.2. The zero-order chi connectivity index (χ0) is 14.6. The molecule has 0 aliphatic carbocycles. The second-order valence-corrected chi connectivity index (χ2v) is 6.47. The minimum Gasteiger partial charge on any atom is -0.330 e. The smallest absolute Gasteiger partial charge is 0.242 e. The average molecular weight is 330 g/mol. The van der Waals surface area contributed by atoms with Crippen molar-refractivity contribution in [3.63, 3.8) is 0 Å². The molecular weight excluding hydrogens is 310 g/mol. The molecule has 1 aromatic heterocycles. The third-order valence-electron chi connectivity index (χ3n) is 3.02. The molecule has 0 atom stereocenters. The van der Waals surface area contributed by atoms with Gasteiger partial charge in [-0.3, -0.25) is 4.98 Å². The van der Waals surface area contributed by atoms with E-state index in [0.717, 1.165) is 23.8 Å². The Balaban J connectivity index is 0.00000220. The van der Waals surface area contributed by atoms with Crippen LogP contribution in [0.4, 0.5) is 0 Å². The lowest BCUT2D eigenvalue weighted by molar-refractivity contribution is 0.578. The summed E-state index contributed by atoms with van der Waals surface area (Å²) in [5.41, 5.74) is 6.90. The molecule has 0 unspecified atom stereocenters. The predicted molar refractivity (Wildman–Crippen MR) is 87.2 cm³/mol. The first kappa shape index (κ1) is 17.8. The first-order valence-corrected chi connectivity index (χ1v) is 8.08. The first-order valence-electron chi connectivity index (χ1n) is 6.60. The summed E-state index contributed by atoms with van der Waals surface area (Å²) in [5.74, 6) is 0. The molecule has 5 nitrogen and oxygen atoms in total. The number of hydrogen-bond donors (Lipinski definition) is 2. The van der Waals surface area contributed by atoms with Gasteiger partial charge in [0.05, 0.1) is 5.52 Å². The lowest BCUT2D eigenvalue weighted by Gasteiger charge is -2.09. The number of nitrogens with one attached hydrogen (secondary N) is 1. The summed E-state index contributed by atoms with van der Waals surface area (Å²) in [7, 11) is -3.53. The van der Waals surface area contributed by atoms with Gasteiger partial charge in [-0.25, -0.2) is 13.1 Å². The molecule has 3 N–H and O–H groups in total. The summed E-state index contributed by atoms with van der Waals surface area (Å²) in [5, 5.41) is 0.829. The highest BCUT2D eigenvalue weighted by molar-refractivity contribution is 7.89. The third-order valence-corrected chi connectivity index (χ3v) is 4.52. The van der Waals surface area contributed by atoms with Gasteiger partial charge in [0.1, 0.15) is 4.90 Å². The number of para-hydroxylation sites is 1. The van der Waals surface area contributed by atoms with Gasteiger partial charge in [-0.15, -0.1) is 12.4 Å². The molecule has 1 aromatic carbocycles. The van der Waals surface area contributed by atoms with Gasteiger partial charge >= 0.3 is 0 Å². The maximum absolute atomic E-state index is 12.3. The minimum absolute atomic E-state index is 0. The Labute approximate surface area is 131 Å². The minimum atomic E-state index is -3.53. The van der Waals surface area contributed by atoms with Crippen molar-refractivity contribution >= 4 is 33.3 Å². The fourth-order valence-electron chi connectivity index (χ4n) is 2.01. The third kappa shape index (κ3) is 4.38. The highest BCUT2D eigenvalue weighted by atomic mass is 35.5. The summed E-state index contributed by atoms with van der Waals surface area (Å²) >= 11 is 0. The maximum Gasteiger partial charge on any atom is 0.242 e. The van der Waals surface area contributed by atoms with E-state index in [9.17, 15) is 8.42 Å². The molecule has 0 amide bonds. The zero-order valence-electron chi connectivity index (χ0n) is 11.9. The Bertz CT molecular complexity index is 704. The molecule has 0 spiro atoms. The van der Waals surface area contributed by atoms with Crippen LogP contribution in [0.3, 0.4) is 0 Å². The van der Waals surface area contributed by atoms with Crippen LogP contribution in [-0.2, 0) is 10.0 Å². The van der Waals surface area contributed by atoms with Crippen LogP contribution in [-0.4, -0.2) is 26.5 Å². The van der Waals surface area contributed by atoms with Gasteiger partial charge in [0.15, 0.2) is 0 Å². The van der Waals surface area contributed by atoms with Gasteiger partial charge in [0, 0.05) is 18.1 Å². The number of aryl methyl sites for hydroxylation is 1. The number of halogens is 1. The summed E-state index contributed by atoms with van der Waals surface area (Å²) in [6, 6.07) is 7.10. The number of pyridine rings is 1. The van der Waals surface area contributed by atoms with Gasteiger partial charge < -0.3 is 5.73 Å². The van der Waals surface area contributed by atoms with Crippen LogP contribution in [0.1, 0.15) is 18.4 Å². The molecule has 0 aliphatic rings. The largest absolute Gasteiger partial charge is 0.330 e. The second-order valence-electron chi connectivity index (χ2n) is 4.73. The van der Waals surface area contributed by atoms with Crippen LogP contribution in [0.25, 0.3) is 10.9 Å². The van der Waals surface area contributed by atoms with Crippen LogP contribution in [0.5, 0.6) is 0 Å². The fraction of sp³-hybridized carbons (Fsp3) is 0.357. The topological polar surface area (TPSA) is 85.1 Å². The number of nitrogens with zero attached hydrogens (tertiary/aromatic N) is 1. The molecule has 0 bridgehead atoms. The number of benzene rings is 1. The summed E-state index contributed by atoms with van der Waals surface area (Å²) in [6.45, 7) is 2.89. The van der Waals surface area contributed by atoms with E-state index in [1.165, 1.54) is 0 Å². The Hall–Kier alpha value is -1.21. The van der Waals surface area contributed by atoms with E-state index in [-0.39, 0.29) is 17.3 Å². The number of unbranched alkanes of at least 4 members (excludes halogenated alkanes) is 1. The van der Waals surface area contributed by atoms with Crippen LogP contribution in [0.2, 0.25) is 0 Å². The van der Waals surface area contributed by atoms with Gasteiger partial charge in [-0.2, -0.15) is 0 Å². The van der Waals surface area contributed by atoms with E-state index < -0.39 is 10.0 Å². The fourth-order valence-corrected chi connectivity index (χ4v) is 3.26. The standard InChI is InChI=1S/C14H19N3O2S.ClH/c1-11-9-12-5-4-6-13(14(12)16-10-11)20(18,19)17-8-3-2-7-15;/h4-6,9-10,17H,2-3,7-8,15H2,1H3;1H. The van der Waals surface area contributed by atoms with Gasteiger partial charge in [-0.05, 0) is 44.0 Å². The molecule has 21 heavy (non-hydrogen) atoms. The monoisotopic (exact) mass is 329 g/mol. The van der Waals surface area contributed by atoms with E-state index >= 15 is 0 Å². The number of fused-ring (bicyclic) bond motifs is 1. The normalized spacial score (nSPS) is 11.3. The molecule has 0 fully saturated rings. The summed E-state index contributed by atoms with van der Waals surface area (Å²) in [4.78, 5) is 4.48. The van der Waals surface area contributed by atoms with E-state index in [1.807, 2.05) is 19.1 Å². The average Bonchev–Trinajstić information content (AvgIpc) is 2.42. The molecule has 0 aliphatic heterocycles. The zero-order valence-corrected chi connectivity index (χ0v) is 13.5. The molecule has 1 heterocycles. The number of sulfonamides is 1. The van der Waals surface area contributed by atoms with Crippen LogP contribution >= 0.6 is 12.4 Å². The van der Waals surface area contributed by atoms with Crippen LogP contribution in [0, 0.1) is 6.92 Å². The van der Waals surface area contributed by atoms with Crippen molar-refractivity contribution in [3.8, 4) is 0 Å². The second kappa shape index (κ2) is 7.70. The summed E-state index contributed by atoms with van der Waals surface area (Å²) in [6.07, 6.45) is 3.21.